The van der Waals surface area contributed by atoms with Crippen LogP contribution < -0.4 is 0 Å². The second-order valence-electron chi connectivity index (χ2n) is 5.47. The second-order valence-corrected chi connectivity index (χ2v) is 7.30. The van der Waals surface area contributed by atoms with E-state index in [1.165, 1.54) is 12.1 Å². The van der Waals surface area contributed by atoms with E-state index in [-0.39, 0.29) is 35.3 Å². The Morgan fingerprint density at radius 2 is 2.25 bits per heavy atom. The molecule has 0 radical (unpaired) electrons. The molecule has 1 fully saturated rings. The zero-order valence-corrected chi connectivity index (χ0v) is 13.5. The van der Waals surface area contributed by atoms with Crippen LogP contribution in [-0.4, -0.2) is 50.5 Å². The summed E-state index contributed by atoms with van der Waals surface area (Å²) >= 11 is 0. The van der Waals surface area contributed by atoms with E-state index in [0.717, 1.165) is 16.8 Å². The van der Waals surface area contributed by atoms with Gasteiger partial charge < -0.3 is 9.47 Å². The van der Waals surface area contributed by atoms with Gasteiger partial charge in [-0.25, -0.2) is 17.5 Å². The van der Waals surface area contributed by atoms with Crippen molar-refractivity contribution < 1.29 is 27.5 Å². The summed E-state index contributed by atoms with van der Waals surface area (Å²) in [5, 5.41) is 0. The Hall–Kier alpha value is -2.37. The fourth-order valence-electron chi connectivity index (χ4n) is 2.75. The molecule has 1 atom stereocenters. The molecule has 1 amide bonds. The van der Waals surface area contributed by atoms with E-state index < -0.39 is 21.9 Å². The summed E-state index contributed by atoms with van der Waals surface area (Å²) in [5.74, 6) is 0.807. The van der Waals surface area contributed by atoms with Crippen LogP contribution in [0.4, 0.5) is 0 Å². The van der Waals surface area contributed by atoms with Crippen molar-refractivity contribution in [3.63, 3.8) is 0 Å². The zero-order chi connectivity index (χ0) is 17.3. The lowest BCUT2D eigenvalue weighted by Crippen LogP contribution is -2.36. The van der Waals surface area contributed by atoms with Gasteiger partial charge in [0.15, 0.2) is 6.61 Å². The summed E-state index contributed by atoms with van der Waals surface area (Å²) < 4.78 is 36.3. The SMILES string of the molecule is C#CCOC(=O)c1ccc2c(c1)S(=O)(=O)N(C[C@@H]1CCCO1)C2=O. The maximum atomic E-state index is 12.6. The summed E-state index contributed by atoms with van der Waals surface area (Å²) in [7, 11) is -4.00. The van der Waals surface area contributed by atoms with E-state index in [2.05, 4.69) is 5.92 Å². The van der Waals surface area contributed by atoms with Crippen LogP contribution in [0.15, 0.2) is 23.1 Å². The van der Waals surface area contributed by atoms with Crippen LogP contribution in [0.5, 0.6) is 0 Å². The van der Waals surface area contributed by atoms with Gasteiger partial charge in [-0.3, -0.25) is 4.79 Å². The maximum absolute atomic E-state index is 12.6. The Balaban J connectivity index is 1.90. The smallest absolute Gasteiger partial charge is 0.339 e. The molecule has 2 aliphatic rings. The van der Waals surface area contributed by atoms with E-state index in [1.54, 1.807) is 0 Å². The van der Waals surface area contributed by atoms with Crippen LogP contribution in [0.1, 0.15) is 33.6 Å². The Kier molecular flexibility index (Phi) is 4.30. The van der Waals surface area contributed by atoms with Crippen molar-refractivity contribution in [1.82, 2.24) is 4.31 Å². The van der Waals surface area contributed by atoms with E-state index in [1.807, 2.05) is 0 Å². The molecule has 1 aromatic rings. The molecule has 7 nitrogen and oxygen atoms in total. The highest BCUT2D eigenvalue weighted by molar-refractivity contribution is 7.90. The van der Waals surface area contributed by atoms with Crippen molar-refractivity contribution in [2.24, 2.45) is 0 Å². The molecule has 1 aromatic carbocycles. The number of carbonyl (C=O) groups is 2. The predicted octanol–water partition coefficient (Wildman–Crippen LogP) is 0.800. The molecule has 0 saturated carbocycles. The molecular formula is C16H15NO6S. The van der Waals surface area contributed by atoms with Crippen molar-refractivity contribution in [2.75, 3.05) is 19.8 Å². The lowest BCUT2D eigenvalue weighted by atomic mass is 10.1. The van der Waals surface area contributed by atoms with Crippen molar-refractivity contribution in [3.05, 3.63) is 29.3 Å². The number of nitrogens with zero attached hydrogens (tertiary/aromatic N) is 1. The van der Waals surface area contributed by atoms with Crippen molar-refractivity contribution in [2.45, 2.75) is 23.8 Å². The van der Waals surface area contributed by atoms with Gasteiger partial charge in [0.2, 0.25) is 0 Å². The fourth-order valence-corrected chi connectivity index (χ4v) is 4.37. The number of terminal acetylenes is 1. The third-order valence-electron chi connectivity index (χ3n) is 3.92. The number of hydrogen-bond donors (Lipinski definition) is 0. The lowest BCUT2D eigenvalue weighted by Gasteiger charge is -2.18. The minimum atomic E-state index is -4.00. The molecule has 0 spiro atoms. The zero-order valence-electron chi connectivity index (χ0n) is 12.7. The Labute approximate surface area is 139 Å². The van der Waals surface area contributed by atoms with Crippen LogP contribution >= 0.6 is 0 Å². The number of rotatable bonds is 4. The first-order chi connectivity index (χ1) is 11.4. The van der Waals surface area contributed by atoms with Gasteiger partial charge in [0.25, 0.3) is 15.9 Å². The van der Waals surface area contributed by atoms with Crippen molar-refractivity contribution in [1.29, 1.82) is 0 Å². The first kappa shape index (κ1) is 16.5. The lowest BCUT2D eigenvalue weighted by molar-refractivity contribution is 0.0556. The predicted molar refractivity (Wildman–Crippen MR) is 82.8 cm³/mol. The standard InChI is InChI=1S/C16H15NO6S/c1-2-7-23-16(19)11-5-6-13-14(9-11)24(20,21)17(15(13)18)10-12-4-3-8-22-12/h1,5-6,9,12H,3-4,7-8,10H2/t12-/m0/s1. The third-order valence-corrected chi connectivity index (χ3v) is 5.71. The molecule has 0 aromatic heterocycles. The van der Waals surface area contributed by atoms with Crippen LogP contribution in [0.3, 0.4) is 0 Å². The van der Waals surface area contributed by atoms with Gasteiger partial charge in [0, 0.05) is 6.61 Å². The monoisotopic (exact) mass is 349 g/mol. The summed E-state index contributed by atoms with van der Waals surface area (Å²) in [6.45, 7) is 0.324. The van der Waals surface area contributed by atoms with Gasteiger partial charge in [-0.2, -0.15) is 0 Å². The molecule has 3 rings (SSSR count). The molecular weight excluding hydrogens is 334 g/mol. The van der Waals surface area contributed by atoms with Crippen molar-refractivity contribution >= 4 is 21.9 Å². The average molecular weight is 349 g/mol. The number of hydrogen-bond acceptors (Lipinski definition) is 6. The van der Waals surface area contributed by atoms with Gasteiger partial charge in [-0.15, -0.1) is 6.42 Å². The van der Waals surface area contributed by atoms with Gasteiger partial charge in [-0.1, -0.05) is 5.92 Å². The minimum Gasteiger partial charge on any atom is -0.449 e. The Morgan fingerprint density at radius 1 is 1.46 bits per heavy atom. The highest BCUT2D eigenvalue weighted by Crippen LogP contribution is 2.32. The highest BCUT2D eigenvalue weighted by Gasteiger charge is 2.43. The number of sulfonamides is 1. The number of amides is 1. The van der Waals surface area contributed by atoms with Crippen LogP contribution in [0.2, 0.25) is 0 Å². The van der Waals surface area contributed by atoms with E-state index in [0.29, 0.717) is 13.0 Å². The Bertz CT molecular complexity index is 833. The number of carbonyl (C=O) groups excluding carboxylic acids is 2. The van der Waals surface area contributed by atoms with E-state index in [4.69, 9.17) is 15.9 Å². The Morgan fingerprint density at radius 3 is 2.92 bits per heavy atom. The molecule has 2 heterocycles. The molecule has 0 aliphatic carbocycles. The summed E-state index contributed by atoms with van der Waals surface area (Å²) in [6, 6.07) is 3.81. The van der Waals surface area contributed by atoms with Crippen LogP contribution in [0, 0.1) is 12.3 Å². The number of ether oxygens (including phenoxy) is 2. The van der Waals surface area contributed by atoms with Gasteiger partial charge in [0.1, 0.15) is 4.90 Å². The van der Waals surface area contributed by atoms with Gasteiger partial charge in [0.05, 0.1) is 23.8 Å². The molecule has 0 N–H and O–H groups in total. The summed E-state index contributed by atoms with van der Waals surface area (Å²) in [4.78, 5) is 24.0. The molecule has 2 aliphatic heterocycles. The molecule has 0 unspecified atom stereocenters. The quantitative estimate of drug-likeness (QED) is 0.590. The van der Waals surface area contributed by atoms with Crippen LogP contribution in [-0.2, 0) is 19.5 Å². The van der Waals surface area contributed by atoms with E-state index in [9.17, 15) is 18.0 Å². The summed E-state index contributed by atoms with van der Waals surface area (Å²) in [5.41, 5.74) is 0.0702. The molecule has 126 valence electrons. The minimum absolute atomic E-state index is 0.0211. The van der Waals surface area contributed by atoms with Gasteiger partial charge >= 0.3 is 5.97 Å². The summed E-state index contributed by atoms with van der Waals surface area (Å²) in [6.07, 6.45) is 6.27. The van der Waals surface area contributed by atoms with Crippen LogP contribution in [0.25, 0.3) is 0 Å². The average Bonchev–Trinajstić information content (AvgIpc) is 3.14. The van der Waals surface area contributed by atoms with E-state index >= 15 is 0 Å². The molecule has 1 saturated heterocycles. The fraction of sp³-hybridized carbons (Fsp3) is 0.375. The maximum Gasteiger partial charge on any atom is 0.339 e. The molecule has 8 heteroatoms. The molecule has 0 bridgehead atoms. The highest BCUT2D eigenvalue weighted by atomic mass is 32.2. The number of fused-ring (bicyclic) bond motifs is 1. The second kappa shape index (κ2) is 6.26. The first-order valence-electron chi connectivity index (χ1n) is 7.38. The molecule has 24 heavy (non-hydrogen) atoms. The van der Waals surface area contributed by atoms with Gasteiger partial charge in [-0.05, 0) is 31.0 Å². The normalized spacial score (nSPS) is 21.4. The first-order valence-corrected chi connectivity index (χ1v) is 8.82. The van der Waals surface area contributed by atoms with Crippen molar-refractivity contribution in [3.8, 4) is 12.3 Å². The largest absolute Gasteiger partial charge is 0.449 e. The number of esters is 1. The topological polar surface area (TPSA) is 90.0 Å². The third kappa shape index (κ3) is 2.77. The number of benzene rings is 1.